The SMILES string of the molecule is O=C(O)CNCCCCOCCOCCN1C(=O)c2ccccc2C1=O. The standard InChI is InChI=1S/C18H24N2O6/c21-16(22)13-19-7-3-4-9-25-11-12-26-10-8-20-17(23)14-5-1-2-6-15(14)18(20)24/h1-2,5-6,19H,3-4,7-13H2,(H,21,22). The Morgan fingerprint density at radius 3 is 2.19 bits per heavy atom. The topological polar surface area (TPSA) is 105 Å². The Hall–Kier alpha value is -2.29. The van der Waals surface area contributed by atoms with Crippen LogP contribution >= 0.6 is 0 Å². The summed E-state index contributed by atoms with van der Waals surface area (Å²) in [5, 5.41) is 11.3. The Morgan fingerprint density at radius 2 is 1.58 bits per heavy atom. The second-order valence-corrected chi connectivity index (χ2v) is 5.81. The van der Waals surface area contributed by atoms with Crippen molar-refractivity contribution >= 4 is 17.8 Å². The molecule has 0 spiro atoms. The fraction of sp³-hybridized carbons (Fsp3) is 0.500. The van der Waals surface area contributed by atoms with Gasteiger partial charge in [-0.1, -0.05) is 12.1 Å². The third kappa shape index (κ3) is 5.91. The Bertz CT molecular complexity index is 599. The lowest BCUT2D eigenvalue weighted by Gasteiger charge is -2.13. The van der Waals surface area contributed by atoms with E-state index in [0.717, 1.165) is 12.8 Å². The van der Waals surface area contributed by atoms with E-state index in [9.17, 15) is 14.4 Å². The van der Waals surface area contributed by atoms with Gasteiger partial charge in [0.1, 0.15) is 0 Å². The van der Waals surface area contributed by atoms with Crippen LogP contribution in [0.3, 0.4) is 0 Å². The van der Waals surface area contributed by atoms with Gasteiger partial charge >= 0.3 is 5.97 Å². The van der Waals surface area contributed by atoms with Gasteiger partial charge in [-0.05, 0) is 31.5 Å². The number of hydrogen-bond acceptors (Lipinski definition) is 6. The lowest BCUT2D eigenvalue weighted by Crippen LogP contribution is -2.33. The van der Waals surface area contributed by atoms with Crippen LogP contribution in [0.2, 0.25) is 0 Å². The molecule has 8 heteroatoms. The number of nitrogens with one attached hydrogen (secondary N) is 1. The largest absolute Gasteiger partial charge is 0.480 e. The molecule has 1 aromatic rings. The number of benzene rings is 1. The minimum Gasteiger partial charge on any atom is -0.480 e. The molecule has 0 bridgehead atoms. The van der Waals surface area contributed by atoms with Crippen molar-refractivity contribution in [1.29, 1.82) is 0 Å². The van der Waals surface area contributed by atoms with Crippen LogP contribution in [-0.2, 0) is 14.3 Å². The van der Waals surface area contributed by atoms with Crippen LogP contribution < -0.4 is 5.32 Å². The number of carbonyl (C=O) groups is 3. The predicted octanol–water partition coefficient (Wildman–Crippen LogP) is 0.770. The highest BCUT2D eigenvalue weighted by molar-refractivity contribution is 6.21. The molecule has 2 N–H and O–H groups in total. The van der Waals surface area contributed by atoms with Crippen LogP contribution in [0.15, 0.2) is 24.3 Å². The van der Waals surface area contributed by atoms with Crippen LogP contribution in [-0.4, -0.2) is 73.9 Å². The summed E-state index contributed by atoms with van der Waals surface area (Å²) in [5.74, 6) is -1.41. The molecule has 0 atom stereocenters. The average Bonchev–Trinajstić information content (AvgIpc) is 2.87. The molecule has 0 radical (unpaired) electrons. The number of carboxylic acid groups (broad SMARTS) is 1. The summed E-state index contributed by atoms with van der Waals surface area (Å²) in [7, 11) is 0. The van der Waals surface area contributed by atoms with Crippen LogP contribution in [0.25, 0.3) is 0 Å². The quantitative estimate of drug-likeness (QED) is 0.393. The number of hydrogen-bond donors (Lipinski definition) is 2. The van der Waals surface area contributed by atoms with Crippen molar-refractivity contribution < 1.29 is 29.0 Å². The predicted molar refractivity (Wildman–Crippen MR) is 93.2 cm³/mol. The first kappa shape index (κ1) is 20.0. The number of aliphatic carboxylic acids is 1. The molecule has 2 amide bonds. The monoisotopic (exact) mass is 364 g/mol. The third-order valence-corrected chi connectivity index (χ3v) is 3.88. The number of carbonyl (C=O) groups excluding carboxylic acids is 2. The normalized spacial score (nSPS) is 13.3. The molecule has 26 heavy (non-hydrogen) atoms. The van der Waals surface area contributed by atoms with Crippen LogP contribution in [0, 0.1) is 0 Å². The molecule has 8 nitrogen and oxygen atoms in total. The van der Waals surface area contributed by atoms with E-state index in [1.165, 1.54) is 4.90 Å². The zero-order valence-corrected chi connectivity index (χ0v) is 14.6. The highest BCUT2D eigenvalue weighted by Gasteiger charge is 2.34. The maximum absolute atomic E-state index is 12.1. The van der Waals surface area contributed by atoms with Gasteiger partial charge in [0.05, 0.1) is 44.0 Å². The van der Waals surface area contributed by atoms with Gasteiger partial charge in [-0.25, -0.2) is 0 Å². The molecule has 0 fully saturated rings. The second kappa shape index (κ2) is 10.6. The maximum atomic E-state index is 12.1. The molecule has 1 aliphatic heterocycles. The number of unbranched alkanes of at least 4 members (excludes halogenated alkanes) is 1. The molecular weight excluding hydrogens is 340 g/mol. The summed E-state index contributed by atoms with van der Waals surface area (Å²) < 4.78 is 10.8. The Labute approximate surface area is 152 Å². The fourth-order valence-corrected chi connectivity index (χ4v) is 2.57. The molecule has 142 valence electrons. The number of amides is 2. The van der Waals surface area contributed by atoms with Crippen molar-refractivity contribution in [2.75, 3.05) is 46.1 Å². The number of carboxylic acids is 1. The number of imide groups is 1. The van der Waals surface area contributed by atoms with Crippen LogP contribution in [0.4, 0.5) is 0 Å². The fourth-order valence-electron chi connectivity index (χ4n) is 2.57. The summed E-state index contributed by atoms with van der Waals surface area (Å²) in [6.07, 6.45) is 1.68. The third-order valence-electron chi connectivity index (χ3n) is 3.88. The highest BCUT2D eigenvalue weighted by Crippen LogP contribution is 2.21. The van der Waals surface area contributed by atoms with Crippen LogP contribution in [0.1, 0.15) is 33.6 Å². The molecule has 0 saturated heterocycles. The summed E-state index contributed by atoms with van der Waals surface area (Å²) in [5.41, 5.74) is 0.886. The van der Waals surface area contributed by atoms with Gasteiger partial charge in [0.25, 0.3) is 11.8 Å². The van der Waals surface area contributed by atoms with Gasteiger partial charge in [0.15, 0.2) is 0 Å². The summed E-state index contributed by atoms with van der Waals surface area (Å²) in [6.45, 7) is 2.52. The van der Waals surface area contributed by atoms with Gasteiger partial charge in [-0.3, -0.25) is 19.3 Å². The van der Waals surface area contributed by atoms with E-state index in [1.54, 1.807) is 24.3 Å². The zero-order chi connectivity index (χ0) is 18.8. The molecule has 0 aliphatic carbocycles. The number of nitrogens with zero attached hydrogens (tertiary/aromatic N) is 1. The Kier molecular flexibility index (Phi) is 8.20. The number of rotatable bonds is 13. The van der Waals surface area contributed by atoms with E-state index in [-0.39, 0.29) is 31.5 Å². The van der Waals surface area contributed by atoms with Crippen molar-refractivity contribution in [2.45, 2.75) is 12.8 Å². The van der Waals surface area contributed by atoms with Gasteiger partial charge in [-0.2, -0.15) is 0 Å². The average molecular weight is 364 g/mol. The van der Waals surface area contributed by atoms with Gasteiger partial charge in [0.2, 0.25) is 0 Å². The number of ether oxygens (including phenoxy) is 2. The van der Waals surface area contributed by atoms with E-state index in [0.29, 0.717) is 37.5 Å². The molecule has 0 unspecified atom stereocenters. The molecule has 0 saturated carbocycles. The van der Waals surface area contributed by atoms with E-state index in [2.05, 4.69) is 5.32 Å². The first-order valence-corrected chi connectivity index (χ1v) is 8.64. The van der Waals surface area contributed by atoms with Gasteiger partial charge < -0.3 is 19.9 Å². The van der Waals surface area contributed by atoms with Crippen LogP contribution in [0.5, 0.6) is 0 Å². The first-order valence-electron chi connectivity index (χ1n) is 8.64. The van der Waals surface area contributed by atoms with Crippen molar-refractivity contribution in [3.63, 3.8) is 0 Å². The molecule has 2 rings (SSSR count). The summed E-state index contributed by atoms with van der Waals surface area (Å²) in [4.78, 5) is 35.8. The smallest absolute Gasteiger partial charge is 0.317 e. The zero-order valence-electron chi connectivity index (χ0n) is 14.6. The van der Waals surface area contributed by atoms with Gasteiger partial charge in [-0.15, -0.1) is 0 Å². The second-order valence-electron chi connectivity index (χ2n) is 5.81. The number of fused-ring (bicyclic) bond motifs is 1. The van der Waals surface area contributed by atoms with E-state index in [4.69, 9.17) is 14.6 Å². The van der Waals surface area contributed by atoms with Crippen molar-refractivity contribution in [2.24, 2.45) is 0 Å². The molecule has 1 aliphatic rings. The first-order chi connectivity index (χ1) is 12.6. The molecule has 1 aromatic carbocycles. The van der Waals surface area contributed by atoms with Crippen molar-refractivity contribution in [1.82, 2.24) is 10.2 Å². The minimum absolute atomic E-state index is 0.0260. The van der Waals surface area contributed by atoms with Gasteiger partial charge in [0, 0.05) is 6.61 Å². The minimum atomic E-state index is -0.861. The van der Waals surface area contributed by atoms with E-state index < -0.39 is 5.97 Å². The lowest BCUT2D eigenvalue weighted by molar-refractivity contribution is -0.135. The van der Waals surface area contributed by atoms with Crippen molar-refractivity contribution in [3.8, 4) is 0 Å². The Balaban J connectivity index is 1.47. The summed E-state index contributed by atoms with van der Waals surface area (Å²) in [6, 6.07) is 6.79. The summed E-state index contributed by atoms with van der Waals surface area (Å²) >= 11 is 0. The molecule has 1 heterocycles. The lowest BCUT2D eigenvalue weighted by atomic mass is 10.1. The Morgan fingerprint density at radius 1 is 0.962 bits per heavy atom. The maximum Gasteiger partial charge on any atom is 0.317 e. The van der Waals surface area contributed by atoms with E-state index >= 15 is 0 Å². The molecule has 0 aromatic heterocycles. The highest BCUT2D eigenvalue weighted by atomic mass is 16.5. The molecular formula is C18H24N2O6. The van der Waals surface area contributed by atoms with Crippen molar-refractivity contribution in [3.05, 3.63) is 35.4 Å². The van der Waals surface area contributed by atoms with E-state index in [1.807, 2.05) is 0 Å².